The Morgan fingerprint density at radius 2 is 2.36 bits per heavy atom. The van der Waals surface area contributed by atoms with E-state index in [1.54, 1.807) is 18.9 Å². The van der Waals surface area contributed by atoms with Crippen molar-refractivity contribution >= 4 is 23.4 Å². The molecule has 0 N–H and O–H groups in total. The first-order chi connectivity index (χ1) is 6.77. The van der Waals surface area contributed by atoms with E-state index in [0.29, 0.717) is 17.2 Å². The third kappa shape index (κ3) is 3.13. The zero-order valence-corrected chi connectivity index (χ0v) is 9.36. The van der Waals surface area contributed by atoms with E-state index < -0.39 is 0 Å². The smallest absolute Gasteiger partial charge is 0.137 e. The van der Waals surface area contributed by atoms with Gasteiger partial charge in [0.15, 0.2) is 0 Å². The first-order valence-electron chi connectivity index (χ1n) is 4.11. The van der Waals surface area contributed by atoms with Gasteiger partial charge in [0.25, 0.3) is 0 Å². The summed E-state index contributed by atoms with van der Waals surface area (Å²) in [6.07, 6.45) is 0.550. The molecule has 0 atom stereocenters. The van der Waals surface area contributed by atoms with Gasteiger partial charge >= 0.3 is 0 Å². The maximum atomic E-state index is 8.37. The quantitative estimate of drug-likeness (QED) is 0.584. The number of nitrogens with zero attached hydrogens (tertiary/aromatic N) is 1. The molecule has 1 aromatic carbocycles. The van der Waals surface area contributed by atoms with Crippen LogP contribution >= 0.6 is 23.4 Å². The molecule has 4 heteroatoms. The van der Waals surface area contributed by atoms with Gasteiger partial charge in [0.2, 0.25) is 0 Å². The van der Waals surface area contributed by atoms with Gasteiger partial charge in [0, 0.05) is 17.1 Å². The molecule has 0 heterocycles. The van der Waals surface area contributed by atoms with Crippen molar-refractivity contribution in [3.8, 4) is 11.8 Å². The predicted molar refractivity (Wildman–Crippen MR) is 59.0 cm³/mol. The third-order valence-electron chi connectivity index (χ3n) is 1.61. The van der Waals surface area contributed by atoms with Gasteiger partial charge < -0.3 is 4.74 Å². The number of rotatable bonds is 4. The number of thioether (sulfide) groups is 1. The van der Waals surface area contributed by atoms with Crippen LogP contribution in [0.1, 0.15) is 6.42 Å². The Hall–Kier alpha value is -0.850. The van der Waals surface area contributed by atoms with Crippen molar-refractivity contribution in [3.05, 3.63) is 23.2 Å². The Labute approximate surface area is 92.8 Å². The number of ether oxygens (including phenoxy) is 1. The molecule has 0 aliphatic rings. The highest BCUT2D eigenvalue weighted by atomic mass is 35.5. The van der Waals surface area contributed by atoms with Gasteiger partial charge in [-0.25, -0.2) is 0 Å². The standard InChI is InChI=1S/C10H10ClNOS/c1-13-10-4-3-8(7-9(10)11)14-6-2-5-12/h3-4,7H,2,6H2,1H3. The van der Waals surface area contributed by atoms with Gasteiger partial charge in [-0.05, 0) is 18.2 Å². The van der Waals surface area contributed by atoms with E-state index in [4.69, 9.17) is 21.6 Å². The molecule has 1 rings (SSSR count). The molecule has 74 valence electrons. The van der Waals surface area contributed by atoms with E-state index in [1.807, 2.05) is 18.2 Å². The summed E-state index contributed by atoms with van der Waals surface area (Å²) in [6, 6.07) is 7.71. The number of nitriles is 1. The van der Waals surface area contributed by atoms with E-state index >= 15 is 0 Å². The summed E-state index contributed by atoms with van der Waals surface area (Å²) < 4.78 is 5.03. The van der Waals surface area contributed by atoms with Crippen LogP contribution in [0.5, 0.6) is 5.75 Å². The summed E-state index contributed by atoms with van der Waals surface area (Å²) in [5, 5.41) is 8.98. The van der Waals surface area contributed by atoms with E-state index in [9.17, 15) is 0 Å². The molecule has 0 aliphatic carbocycles. The Kier molecular flexibility index (Phi) is 4.64. The van der Waals surface area contributed by atoms with E-state index in [-0.39, 0.29) is 0 Å². The highest BCUT2D eigenvalue weighted by Crippen LogP contribution is 2.29. The lowest BCUT2D eigenvalue weighted by molar-refractivity contribution is 0.414. The minimum absolute atomic E-state index is 0.550. The van der Waals surface area contributed by atoms with Gasteiger partial charge in [0.05, 0.1) is 18.2 Å². The van der Waals surface area contributed by atoms with E-state index in [1.165, 1.54) is 0 Å². The van der Waals surface area contributed by atoms with Crippen LogP contribution in [0.25, 0.3) is 0 Å². The van der Waals surface area contributed by atoms with Crippen LogP contribution in [0.2, 0.25) is 5.02 Å². The van der Waals surface area contributed by atoms with Crippen molar-refractivity contribution in [2.24, 2.45) is 0 Å². The first kappa shape index (κ1) is 11.2. The minimum atomic E-state index is 0.550. The zero-order chi connectivity index (χ0) is 10.4. The minimum Gasteiger partial charge on any atom is -0.495 e. The SMILES string of the molecule is COc1ccc(SCCC#N)cc1Cl. The van der Waals surface area contributed by atoms with Gasteiger partial charge in [0.1, 0.15) is 5.75 Å². The Bertz CT molecular complexity index is 348. The van der Waals surface area contributed by atoms with Crippen LogP contribution in [-0.4, -0.2) is 12.9 Å². The second-order valence-electron chi connectivity index (χ2n) is 2.55. The highest BCUT2D eigenvalue weighted by molar-refractivity contribution is 7.99. The molecule has 14 heavy (non-hydrogen) atoms. The summed E-state index contributed by atoms with van der Waals surface area (Å²) in [4.78, 5) is 1.06. The molecule has 0 saturated heterocycles. The van der Waals surface area contributed by atoms with Crippen molar-refractivity contribution in [2.75, 3.05) is 12.9 Å². The highest BCUT2D eigenvalue weighted by Gasteiger charge is 2.01. The number of hydrogen-bond donors (Lipinski definition) is 0. The van der Waals surface area contributed by atoms with Gasteiger partial charge in [-0.1, -0.05) is 11.6 Å². The fraction of sp³-hybridized carbons (Fsp3) is 0.300. The van der Waals surface area contributed by atoms with Crippen LogP contribution in [0.15, 0.2) is 23.1 Å². The maximum Gasteiger partial charge on any atom is 0.137 e. The number of halogens is 1. The Balaban J connectivity index is 2.63. The molecule has 1 aromatic rings. The molecule has 0 bridgehead atoms. The van der Waals surface area contributed by atoms with Crippen molar-refractivity contribution in [3.63, 3.8) is 0 Å². The fourth-order valence-corrected chi connectivity index (χ4v) is 2.07. The monoisotopic (exact) mass is 227 g/mol. The van der Waals surface area contributed by atoms with Crippen LogP contribution in [0.3, 0.4) is 0 Å². The number of methoxy groups -OCH3 is 1. The van der Waals surface area contributed by atoms with Crippen molar-refractivity contribution in [2.45, 2.75) is 11.3 Å². The molecule has 0 spiro atoms. The summed E-state index contributed by atoms with van der Waals surface area (Å²) in [5.74, 6) is 1.47. The largest absolute Gasteiger partial charge is 0.495 e. The summed E-state index contributed by atoms with van der Waals surface area (Å²) in [5.41, 5.74) is 0. The average Bonchev–Trinajstić information content (AvgIpc) is 2.18. The number of hydrogen-bond acceptors (Lipinski definition) is 3. The lowest BCUT2D eigenvalue weighted by Gasteiger charge is -2.04. The molecule has 0 radical (unpaired) electrons. The zero-order valence-electron chi connectivity index (χ0n) is 7.79. The second-order valence-corrected chi connectivity index (χ2v) is 4.13. The normalized spacial score (nSPS) is 9.50. The molecule has 0 aliphatic heterocycles. The van der Waals surface area contributed by atoms with Gasteiger partial charge in [-0.3, -0.25) is 0 Å². The van der Waals surface area contributed by atoms with Crippen LogP contribution < -0.4 is 4.74 Å². The molecule has 0 amide bonds. The fourth-order valence-electron chi connectivity index (χ4n) is 0.951. The van der Waals surface area contributed by atoms with E-state index in [2.05, 4.69) is 6.07 Å². The molecule has 0 fully saturated rings. The number of benzene rings is 1. The van der Waals surface area contributed by atoms with Gasteiger partial charge in [-0.15, -0.1) is 11.8 Å². The third-order valence-corrected chi connectivity index (χ3v) is 2.90. The molecule has 2 nitrogen and oxygen atoms in total. The summed E-state index contributed by atoms with van der Waals surface area (Å²) >= 11 is 7.55. The maximum absolute atomic E-state index is 8.37. The molecule has 0 aromatic heterocycles. The van der Waals surface area contributed by atoms with Crippen molar-refractivity contribution in [1.82, 2.24) is 0 Å². The summed E-state index contributed by atoms with van der Waals surface area (Å²) in [7, 11) is 1.59. The molecular formula is C10H10ClNOS. The van der Waals surface area contributed by atoms with E-state index in [0.717, 1.165) is 10.6 Å². The van der Waals surface area contributed by atoms with Crippen molar-refractivity contribution in [1.29, 1.82) is 5.26 Å². The first-order valence-corrected chi connectivity index (χ1v) is 5.47. The van der Waals surface area contributed by atoms with Crippen LogP contribution in [-0.2, 0) is 0 Å². The molecular weight excluding hydrogens is 218 g/mol. The lowest BCUT2D eigenvalue weighted by Crippen LogP contribution is -1.84. The summed E-state index contributed by atoms with van der Waals surface area (Å²) in [6.45, 7) is 0. The Morgan fingerprint density at radius 1 is 1.57 bits per heavy atom. The van der Waals surface area contributed by atoms with Gasteiger partial charge in [-0.2, -0.15) is 5.26 Å². The van der Waals surface area contributed by atoms with Crippen LogP contribution in [0.4, 0.5) is 0 Å². The molecule has 0 saturated carbocycles. The molecule has 0 unspecified atom stereocenters. The van der Waals surface area contributed by atoms with Crippen molar-refractivity contribution < 1.29 is 4.74 Å². The lowest BCUT2D eigenvalue weighted by atomic mass is 10.3. The predicted octanol–water partition coefficient (Wildman–Crippen LogP) is 3.35. The average molecular weight is 228 g/mol. The Morgan fingerprint density at radius 3 is 2.93 bits per heavy atom. The van der Waals surface area contributed by atoms with Crippen LogP contribution in [0, 0.1) is 11.3 Å². The topological polar surface area (TPSA) is 33.0 Å². The second kappa shape index (κ2) is 5.79.